The fourth-order valence-corrected chi connectivity index (χ4v) is 6.73. The van der Waals surface area contributed by atoms with E-state index in [1.54, 1.807) is 49.4 Å². The first-order chi connectivity index (χ1) is 20.7. The molecule has 0 bridgehead atoms. The predicted molar refractivity (Wildman–Crippen MR) is 162 cm³/mol. The van der Waals surface area contributed by atoms with Crippen molar-refractivity contribution in [2.24, 2.45) is 0 Å². The van der Waals surface area contributed by atoms with Gasteiger partial charge in [-0.2, -0.15) is 0 Å². The number of para-hydroxylation sites is 1. The summed E-state index contributed by atoms with van der Waals surface area (Å²) < 4.78 is 53.5. The van der Waals surface area contributed by atoms with Crippen molar-refractivity contribution in [2.45, 2.75) is 62.6 Å². The van der Waals surface area contributed by atoms with E-state index < -0.39 is 34.3 Å². The van der Waals surface area contributed by atoms with Crippen LogP contribution < -0.4 is 19.1 Å². The third-order valence-corrected chi connectivity index (χ3v) is 9.39. The normalized spacial score (nSPS) is 14.1. The standard InChI is InChI=1S/C32H38FN3O6S/c1-4-28(32(38)34-25-10-8-9-11-25)35(21-23-14-16-24(33)17-15-23)31(37)22-36(26-12-6-5-7-13-26)43(39,40)27-18-19-29(41-2)30(20-27)42-3/h5-7,12-20,25,28H,4,8-11,21-22H2,1-3H3,(H,34,38). The van der Waals surface area contributed by atoms with E-state index in [0.717, 1.165) is 30.0 Å². The first-order valence-electron chi connectivity index (χ1n) is 14.3. The van der Waals surface area contributed by atoms with E-state index in [2.05, 4.69) is 5.32 Å². The maximum absolute atomic E-state index is 14.2. The van der Waals surface area contributed by atoms with Gasteiger partial charge in [0.15, 0.2) is 11.5 Å². The van der Waals surface area contributed by atoms with Crippen molar-refractivity contribution in [3.05, 3.63) is 84.2 Å². The van der Waals surface area contributed by atoms with Crippen molar-refractivity contribution in [1.29, 1.82) is 0 Å². The Morgan fingerprint density at radius 2 is 1.60 bits per heavy atom. The average molecular weight is 612 g/mol. The monoisotopic (exact) mass is 611 g/mol. The Bertz CT molecular complexity index is 1500. The highest BCUT2D eigenvalue weighted by atomic mass is 32.2. The van der Waals surface area contributed by atoms with Crippen LogP contribution in [0.25, 0.3) is 0 Å². The number of benzene rings is 3. The zero-order valence-electron chi connectivity index (χ0n) is 24.7. The van der Waals surface area contributed by atoms with Gasteiger partial charge in [0.25, 0.3) is 10.0 Å². The second-order valence-corrected chi connectivity index (χ2v) is 12.3. The third kappa shape index (κ3) is 7.64. The molecule has 11 heteroatoms. The zero-order chi connectivity index (χ0) is 31.0. The summed E-state index contributed by atoms with van der Waals surface area (Å²) in [6, 6.07) is 17.4. The van der Waals surface area contributed by atoms with Gasteiger partial charge in [-0.15, -0.1) is 0 Å². The molecule has 1 N–H and O–H groups in total. The van der Waals surface area contributed by atoms with E-state index >= 15 is 0 Å². The Kier molecular flexibility index (Phi) is 10.6. The number of sulfonamides is 1. The molecule has 4 rings (SSSR count). The maximum Gasteiger partial charge on any atom is 0.264 e. The minimum atomic E-state index is -4.29. The summed E-state index contributed by atoms with van der Waals surface area (Å²) in [6.45, 7) is 1.23. The van der Waals surface area contributed by atoms with E-state index in [1.165, 1.54) is 49.5 Å². The molecule has 0 spiro atoms. The number of rotatable bonds is 13. The number of nitrogens with zero attached hydrogens (tertiary/aromatic N) is 2. The highest BCUT2D eigenvalue weighted by Gasteiger charge is 2.35. The van der Waals surface area contributed by atoms with Crippen LogP contribution in [0.5, 0.6) is 11.5 Å². The van der Waals surface area contributed by atoms with Gasteiger partial charge in [-0.05, 0) is 61.2 Å². The molecule has 1 aliphatic rings. The number of hydrogen-bond donors (Lipinski definition) is 1. The summed E-state index contributed by atoms with van der Waals surface area (Å²) in [5.74, 6) is -0.725. The van der Waals surface area contributed by atoms with E-state index in [1.807, 2.05) is 0 Å². The van der Waals surface area contributed by atoms with Crippen LogP contribution in [0.1, 0.15) is 44.6 Å². The smallest absolute Gasteiger partial charge is 0.264 e. The van der Waals surface area contributed by atoms with Gasteiger partial charge in [0.1, 0.15) is 18.4 Å². The molecule has 0 aliphatic heterocycles. The van der Waals surface area contributed by atoms with Gasteiger partial charge in [-0.1, -0.05) is 50.1 Å². The van der Waals surface area contributed by atoms with Crippen molar-refractivity contribution < 1.29 is 31.9 Å². The second-order valence-electron chi connectivity index (χ2n) is 10.4. The molecule has 9 nitrogen and oxygen atoms in total. The Morgan fingerprint density at radius 3 is 2.21 bits per heavy atom. The topological polar surface area (TPSA) is 105 Å². The predicted octanol–water partition coefficient (Wildman–Crippen LogP) is 4.90. The van der Waals surface area contributed by atoms with Crippen LogP contribution in [0, 0.1) is 5.82 Å². The van der Waals surface area contributed by atoms with Crippen molar-refractivity contribution in [2.75, 3.05) is 25.1 Å². The Hall–Kier alpha value is -4.12. The maximum atomic E-state index is 14.2. The van der Waals surface area contributed by atoms with Gasteiger partial charge in [0.2, 0.25) is 11.8 Å². The third-order valence-electron chi connectivity index (χ3n) is 7.62. The van der Waals surface area contributed by atoms with Crippen LogP contribution in [0.2, 0.25) is 0 Å². The summed E-state index contributed by atoms with van der Waals surface area (Å²) in [7, 11) is -1.44. The van der Waals surface area contributed by atoms with Crippen LogP contribution in [-0.4, -0.2) is 58.0 Å². The van der Waals surface area contributed by atoms with Gasteiger partial charge in [0.05, 0.1) is 24.8 Å². The highest BCUT2D eigenvalue weighted by molar-refractivity contribution is 7.92. The Labute approximate surface area is 252 Å². The van der Waals surface area contributed by atoms with Crippen LogP contribution in [0.4, 0.5) is 10.1 Å². The summed E-state index contributed by atoms with van der Waals surface area (Å²) >= 11 is 0. The Morgan fingerprint density at radius 1 is 0.953 bits per heavy atom. The fourth-order valence-electron chi connectivity index (χ4n) is 5.30. The molecule has 0 heterocycles. The molecule has 2 amide bonds. The second kappa shape index (κ2) is 14.4. The lowest BCUT2D eigenvalue weighted by Gasteiger charge is -2.33. The van der Waals surface area contributed by atoms with Crippen LogP contribution >= 0.6 is 0 Å². The fraction of sp³-hybridized carbons (Fsp3) is 0.375. The number of carbonyl (C=O) groups excluding carboxylic acids is 2. The van der Waals surface area contributed by atoms with E-state index in [0.29, 0.717) is 17.7 Å². The number of hydrogen-bond acceptors (Lipinski definition) is 6. The van der Waals surface area contributed by atoms with Crippen molar-refractivity contribution in [3.63, 3.8) is 0 Å². The van der Waals surface area contributed by atoms with Gasteiger partial charge in [-0.25, -0.2) is 12.8 Å². The number of anilines is 1. The van der Waals surface area contributed by atoms with Gasteiger partial charge in [-0.3, -0.25) is 13.9 Å². The SMILES string of the molecule is CCC(C(=O)NC1CCCC1)N(Cc1ccc(F)cc1)C(=O)CN(c1ccccc1)S(=O)(=O)c1ccc(OC)c(OC)c1. The number of carbonyl (C=O) groups is 2. The van der Waals surface area contributed by atoms with Gasteiger partial charge in [0, 0.05) is 18.7 Å². The molecule has 0 radical (unpaired) electrons. The minimum absolute atomic E-state index is 0.00522. The largest absolute Gasteiger partial charge is 0.493 e. The van der Waals surface area contributed by atoms with Crippen LogP contribution in [0.15, 0.2) is 77.7 Å². The number of methoxy groups -OCH3 is 2. The molecule has 0 aromatic heterocycles. The molecule has 1 fully saturated rings. The van der Waals surface area contributed by atoms with Crippen molar-refractivity contribution in [3.8, 4) is 11.5 Å². The molecule has 1 saturated carbocycles. The molecule has 43 heavy (non-hydrogen) atoms. The minimum Gasteiger partial charge on any atom is -0.493 e. The number of halogens is 1. The van der Waals surface area contributed by atoms with E-state index in [-0.39, 0.29) is 34.8 Å². The molecule has 3 aromatic rings. The molecular weight excluding hydrogens is 573 g/mol. The molecule has 230 valence electrons. The molecule has 1 atom stereocenters. The number of amides is 2. The molecule has 1 aliphatic carbocycles. The summed E-state index contributed by atoms with van der Waals surface area (Å²) in [4.78, 5) is 29.0. The highest BCUT2D eigenvalue weighted by Crippen LogP contribution is 2.32. The molecule has 0 saturated heterocycles. The van der Waals surface area contributed by atoms with Crippen LogP contribution in [-0.2, 0) is 26.2 Å². The first-order valence-corrected chi connectivity index (χ1v) is 15.8. The summed E-state index contributed by atoms with van der Waals surface area (Å²) in [5, 5.41) is 3.07. The number of ether oxygens (including phenoxy) is 2. The quantitative estimate of drug-likeness (QED) is 0.295. The zero-order valence-corrected chi connectivity index (χ0v) is 25.5. The van der Waals surface area contributed by atoms with Gasteiger partial charge < -0.3 is 19.7 Å². The lowest BCUT2D eigenvalue weighted by atomic mass is 10.1. The first kappa shape index (κ1) is 31.8. The van der Waals surface area contributed by atoms with Gasteiger partial charge >= 0.3 is 0 Å². The van der Waals surface area contributed by atoms with Crippen LogP contribution in [0.3, 0.4) is 0 Å². The molecule has 1 unspecified atom stereocenters. The molecule has 3 aromatic carbocycles. The van der Waals surface area contributed by atoms with E-state index in [9.17, 15) is 22.4 Å². The lowest BCUT2D eigenvalue weighted by molar-refractivity contribution is -0.140. The number of nitrogens with one attached hydrogen (secondary N) is 1. The van der Waals surface area contributed by atoms with Crippen molar-refractivity contribution in [1.82, 2.24) is 10.2 Å². The van der Waals surface area contributed by atoms with E-state index in [4.69, 9.17) is 9.47 Å². The average Bonchev–Trinajstić information content (AvgIpc) is 3.53. The summed E-state index contributed by atoms with van der Waals surface area (Å²) in [6.07, 6.45) is 4.11. The molecular formula is C32H38FN3O6S. The Balaban J connectivity index is 1.71. The summed E-state index contributed by atoms with van der Waals surface area (Å²) in [5.41, 5.74) is 0.881. The lowest BCUT2D eigenvalue weighted by Crippen LogP contribution is -2.53. The van der Waals surface area contributed by atoms with Crippen molar-refractivity contribution >= 4 is 27.5 Å².